The molecule has 0 atom stereocenters. The molecule has 0 spiro atoms. The summed E-state index contributed by atoms with van der Waals surface area (Å²) < 4.78 is 3.43. The first kappa shape index (κ1) is 20.4. The zero-order valence-electron chi connectivity index (χ0n) is 18.1. The van der Waals surface area contributed by atoms with E-state index in [0.29, 0.717) is 16.7 Å². The van der Waals surface area contributed by atoms with Gasteiger partial charge in [-0.05, 0) is 43.3 Å². The van der Waals surface area contributed by atoms with Gasteiger partial charge in [0.1, 0.15) is 11.5 Å². The molecule has 7 nitrogen and oxygen atoms in total. The molecule has 7 heteroatoms. The summed E-state index contributed by atoms with van der Waals surface area (Å²) in [6, 6.07) is 21.3. The van der Waals surface area contributed by atoms with Crippen molar-refractivity contribution in [3.63, 3.8) is 0 Å². The Hall–Kier alpha value is -4.52. The monoisotopic (exact) mass is 436 g/mol. The number of hydrogen-bond donors (Lipinski definition) is 0. The van der Waals surface area contributed by atoms with E-state index in [1.54, 1.807) is 42.5 Å². The molecule has 0 radical (unpaired) electrons. The Morgan fingerprint density at radius 3 is 2.36 bits per heavy atom. The standard InChI is InChI=1S/C26H20N4O3/c1-17-18(19-9-4-6-12-22(19)28(17)2)15-16-25-27-21-11-5-3-10-20(21)26(31)29(25)23-13-7-8-14-24(23)30(32)33/h3-16H,1-2H3. The van der Waals surface area contributed by atoms with Gasteiger partial charge in [-0.3, -0.25) is 19.5 Å². The maximum atomic E-state index is 13.5. The van der Waals surface area contributed by atoms with Crippen LogP contribution >= 0.6 is 0 Å². The normalized spacial score (nSPS) is 11.6. The van der Waals surface area contributed by atoms with Gasteiger partial charge >= 0.3 is 0 Å². The zero-order valence-corrected chi connectivity index (χ0v) is 18.1. The number of hydrogen-bond acceptors (Lipinski definition) is 4. The van der Waals surface area contributed by atoms with Gasteiger partial charge in [0.15, 0.2) is 0 Å². The molecule has 0 fully saturated rings. The van der Waals surface area contributed by atoms with Crippen LogP contribution in [-0.2, 0) is 7.05 Å². The van der Waals surface area contributed by atoms with E-state index in [4.69, 9.17) is 4.98 Å². The van der Waals surface area contributed by atoms with Gasteiger partial charge in [0.05, 0.1) is 15.8 Å². The van der Waals surface area contributed by atoms with Crippen LogP contribution < -0.4 is 5.56 Å². The minimum atomic E-state index is -0.487. The third-order valence-electron chi connectivity index (χ3n) is 5.97. The van der Waals surface area contributed by atoms with Crippen LogP contribution in [0.2, 0.25) is 0 Å². The van der Waals surface area contributed by atoms with Crippen molar-refractivity contribution in [2.75, 3.05) is 0 Å². The maximum Gasteiger partial charge on any atom is 0.293 e. The molecule has 162 valence electrons. The van der Waals surface area contributed by atoms with E-state index in [9.17, 15) is 14.9 Å². The summed E-state index contributed by atoms with van der Waals surface area (Å²) in [5.74, 6) is 0.320. The Kier molecular flexibility index (Phi) is 4.86. The predicted octanol–water partition coefficient (Wildman–Crippen LogP) is 5.26. The molecule has 0 aliphatic heterocycles. The molecule has 0 aliphatic carbocycles. The number of aromatic nitrogens is 3. The van der Waals surface area contributed by atoms with Crippen LogP contribution in [-0.4, -0.2) is 19.0 Å². The minimum Gasteiger partial charge on any atom is -0.347 e. The molecule has 0 N–H and O–H groups in total. The average Bonchev–Trinajstić information content (AvgIpc) is 3.07. The highest BCUT2D eigenvalue weighted by Gasteiger charge is 2.20. The Balaban J connectivity index is 1.80. The first-order valence-corrected chi connectivity index (χ1v) is 10.4. The van der Waals surface area contributed by atoms with Gasteiger partial charge in [0.2, 0.25) is 0 Å². The van der Waals surface area contributed by atoms with E-state index in [1.807, 2.05) is 44.3 Å². The fourth-order valence-electron chi connectivity index (χ4n) is 4.22. The molecule has 5 aromatic rings. The smallest absolute Gasteiger partial charge is 0.293 e. The summed E-state index contributed by atoms with van der Waals surface area (Å²) in [6.45, 7) is 2.03. The van der Waals surface area contributed by atoms with E-state index in [0.717, 1.165) is 22.2 Å². The van der Waals surface area contributed by atoms with E-state index in [-0.39, 0.29) is 16.9 Å². The van der Waals surface area contributed by atoms with Gasteiger partial charge in [0, 0.05) is 35.3 Å². The van der Waals surface area contributed by atoms with Crippen LogP contribution in [0.4, 0.5) is 5.69 Å². The predicted molar refractivity (Wildman–Crippen MR) is 131 cm³/mol. The lowest BCUT2D eigenvalue weighted by molar-refractivity contribution is -0.384. The van der Waals surface area contributed by atoms with Crippen LogP contribution in [0.1, 0.15) is 17.1 Å². The van der Waals surface area contributed by atoms with Gasteiger partial charge in [0.25, 0.3) is 11.2 Å². The van der Waals surface area contributed by atoms with Crippen molar-refractivity contribution in [2.24, 2.45) is 7.05 Å². The fraction of sp³-hybridized carbons (Fsp3) is 0.0769. The molecule has 5 rings (SSSR count). The number of nitrogens with zero attached hydrogens (tertiary/aromatic N) is 4. The highest BCUT2D eigenvalue weighted by Crippen LogP contribution is 2.28. The quantitative estimate of drug-likeness (QED) is 0.284. The summed E-state index contributed by atoms with van der Waals surface area (Å²) in [5.41, 5.74) is 3.36. The Labute approximate surface area is 189 Å². The van der Waals surface area contributed by atoms with Crippen molar-refractivity contribution >= 4 is 39.6 Å². The summed E-state index contributed by atoms with van der Waals surface area (Å²) >= 11 is 0. The van der Waals surface area contributed by atoms with Crippen LogP contribution in [0.5, 0.6) is 0 Å². The molecule has 0 aliphatic rings. The third-order valence-corrected chi connectivity index (χ3v) is 5.97. The van der Waals surface area contributed by atoms with Crippen molar-refractivity contribution < 1.29 is 4.92 Å². The Bertz CT molecular complexity index is 1640. The number of rotatable bonds is 4. The molecule has 0 saturated carbocycles. The molecule has 2 aromatic heterocycles. The van der Waals surface area contributed by atoms with E-state index >= 15 is 0 Å². The van der Waals surface area contributed by atoms with Crippen LogP contribution in [0, 0.1) is 17.0 Å². The molecule has 33 heavy (non-hydrogen) atoms. The summed E-state index contributed by atoms with van der Waals surface area (Å²) in [4.78, 5) is 29.4. The van der Waals surface area contributed by atoms with Gasteiger partial charge in [-0.25, -0.2) is 4.98 Å². The highest BCUT2D eigenvalue weighted by atomic mass is 16.6. The van der Waals surface area contributed by atoms with Crippen molar-refractivity contribution in [3.8, 4) is 5.69 Å². The number of nitro benzene ring substituents is 1. The lowest BCUT2D eigenvalue weighted by atomic mass is 10.1. The average molecular weight is 436 g/mol. The van der Waals surface area contributed by atoms with Crippen LogP contribution in [0.15, 0.2) is 77.6 Å². The first-order chi connectivity index (χ1) is 16.0. The molecule has 0 saturated heterocycles. The number of para-hydroxylation sites is 4. The molecule has 3 aromatic carbocycles. The Morgan fingerprint density at radius 1 is 0.909 bits per heavy atom. The van der Waals surface area contributed by atoms with Crippen LogP contribution in [0.25, 0.3) is 39.6 Å². The van der Waals surface area contributed by atoms with Crippen molar-refractivity contribution in [1.29, 1.82) is 0 Å². The zero-order chi connectivity index (χ0) is 23.1. The van der Waals surface area contributed by atoms with Crippen molar-refractivity contribution in [1.82, 2.24) is 14.1 Å². The third kappa shape index (κ3) is 3.30. The largest absolute Gasteiger partial charge is 0.347 e. The highest BCUT2D eigenvalue weighted by molar-refractivity contribution is 5.93. The summed E-state index contributed by atoms with van der Waals surface area (Å²) in [7, 11) is 2.01. The second kappa shape index (κ2) is 7.87. The van der Waals surface area contributed by atoms with Gasteiger partial charge < -0.3 is 4.57 Å². The molecule has 0 unspecified atom stereocenters. The van der Waals surface area contributed by atoms with E-state index in [2.05, 4.69) is 10.6 Å². The second-order valence-corrected chi connectivity index (χ2v) is 7.78. The molecule has 0 amide bonds. The molecular weight excluding hydrogens is 416 g/mol. The van der Waals surface area contributed by atoms with Gasteiger partial charge in [-0.1, -0.05) is 42.5 Å². The first-order valence-electron chi connectivity index (χ1n) is 10.4. The lowest BCUT2D eigenvalue weighted by Crippen LogP contribution is -2.23. The SMILES string of the molecule is Cc1c(C=Cc2nc3ccccc3c(=O)n2-c2ccccc2[N+](=O)[O-])c2ccccc2n1C. The van der Waals surface area contributed by atoms with Crippen molar-refractivity contribution in [2.45, 2.75) is 6.92 Å². The van der Waals surface area contributed by atoms with Crippen molar-refractivity contribution in [3.05, 3.63) is 110 Å². The number of fused-ring (bicyclic) bond motifs is 2. The lowest BCUT2D eigenvalue weighted by Gasteiger charge is -2.11. The molecule has 2 heterocycles. The number of aryl methyl sites for hydroxylation is 1. The van der Waals surface area contributed by atoms with Gasteiger partial charge in [-0.2, -0.15) is 0 Å². The Morgan fingerprint density at radius 2 is 1.58 bits per heavy atom. The maximum absolute atomic E-state index is 13.5. The van der Waals surface area contributed by atoms with Crippen LogP contribution in [0.3, 0.4) is 0 Å². The topological polar surface area (TPSA) is 83.0 Å². The van der Waals surface area contributed by atoms with Gasteiger partial charge in [-0.15, -0.1) is 0 Å². The number of nitro groups is 1. The van der Waals surface area contributed by atoms with E-state index < -0.39 is 4.92 Å². The molecule has 0 bridgehead atoms. The number of benzene rings is 3. The second-order valence-electron chi connectivity index (χ2n) is 7.78. The fourth-order valence-corrected chi connectivity index (χ4v) is 4.22. The molecular formula is C26H20N4O3. The minimum absolute atomic E-state index is 0.160. The summed E-state index contributed by atoms with van der Waals surface area (Å²) in [5, 5.41) is 13.2. The summed E-state index contributed by atoms with van der Waals surface area (Å²) in [6.07, 6.45) is 3.67. The van der Waals surface area contributed by atoms with E-state index in [1.165, 1.54) is 10.6 Å².